The van der Waals surface area contributed by atoms with Crippen molar-refractivity contribution in [3.05, 3.63) is 0 Å². The highest BCUT2D eigenvalue weighted by Gasteiger charge is 2.24. The Kier molecular flexibility index (Phi) is 64.7. The quantitative estimate of drug-likeness (QED) is 0.00759. The average molecular weight is 1420 g/mol. The molecule has 0 radical (unpaired) electrons. The summed E-state index contributed by atoms with van der Waals surface area (Å²) in [4.78, 5) is 119. The molecule has 1 amide bonds. The Morgan fingerprint density at radius 1 is 0.606 bits per heavy atom. The Morgan fingerprint density at radius 3 is 1.30 bits per heavy atom. The molecule has 558 valence electrons. The summed E-state index contributed by atoms with van der Waals surface area (Å²) in [5.41, 5.74) is 10.2. The number of carboxylic acid groups (broad SMARTS) is 1. The van der Waals surface area contributed by atoms with E-state index < -0.39 is 50.2 Å². The summed E-state index contributed by atoms with van der Waals surface area (Å²) in [7, 11) is 26.1. The van der Waals surface area contributed by atoms with Crippen LogP contribution in [-0.4, -0.2) is 352 Å². The number of aliphatic carboxylic acids is 1. The summed E-state index contributed by atoms with van der Waals surface area (Å²) in [6, 6.07) is -0.837. The van der Waals surface area contributed by atoms with Gasteiger partial charge in [-0.25, -0.2) is 4.79 Å². The number of likely N-dealkylation sites (N-methyl/N-ethyl adjacent to an activating group) is 5. The molecule has 0 heterocycles. The molecule has 0 aliphatic carbocycles. The number of aliphatic hydroxyl groups is 5. The molecule has 7 unspecified atom stereocenters. The third kappa shape index (κ3) is 106. The fourth-order valence-corrected chi connectivity index (χ4v) is 9.50. The summed E-state index contributed by atoms with van der Waals surface area (Å²) in [5, 5.41) is 61.6. The third-order valence-electron chi connectivity index (χ3n) is 10.0. The van der Waals surface area contributed by atoms with Crippen LogP contribution < -0.4 is 16.8 Å². The average Bonchev–Trinajstić information content (AvgIpc) is 1.45. The van der Waals surface area contributed by atoms with E-state index in [-0.39, 0.29) is 102 Å². The van der Waals surface area contributed by atoms with Crippen molar-refractivity contribution < 1.29 is 120 Å². The topological polar surface area (TPSA) is 451 Å². The Morgan fingerprint density at radius 2 is 1.01 bits per heavy atom. The Hall–Kier alpha value is -4.42. The lowest BCUT2D eigenvalue weighted by Gasteiger charge is -2.28. The van der Waals surface area contributed by atoms with Crippen molar-refractivity contribution >= 4 is 94.9 Å². The van der Waals surface area contributed by atoms with E-state index in [0.717, 1.165) is 22.1 Å². The van der Waals surface area contributed by atoms with Gasteiger partial charge in [0.1, 0.15) is 73.4 Å². The maximum Gasteiger partial charge on any atom is 0.327 e. The molecule has 0 aromatic carbocycles. The first-order valence-electron chi connectivity index (χ1n) is 30.1. The molecular weight excluding hydrogens is 1290 g/mol. The van der Waals surface area contributed by atoms with Crippen LogP contribution in [0.1, 0.15) is 101 Å². The number of hydrogen-bond donors (Lipinski definition) is 11. The molecule has 94 heavy (non-hydrogen) atoms. The molecule has 0 aliphatic heterocycles. The standard InChI is InChI=1S/C10H20NO3.C10H20NO2S.C8H15NO4S.C8H18NO2.C7H13NO3.C7H15NO2.C6H16NO3P.C4H11N3O2/c2*1-8(12)6-10(14-9(2)13)7-11(3,4)5;1-6(11)9-7(8(12)13)5-14-4-2-3-10;1-7(10)5-8(11)6-9(2,3)4;1-5(9)3-7(4-8)11-6(2)10;1-6(9)4-7(10)5-8(2)3;1-7(2,3)5-6-10-11(4,8)9;1-7(4(5)6)2-3(8)9/h2*10H,6-7H2,1-5H3;7,10H,2-5H2,1H3,(H,9,11)(H,12,13);8,11H,5-6H2,1-4H3;7H,3-4,8H2,1-2H3;7,10H,4-5H2,1-3H3;5-6H2,1-4H3;3,8-9H,2H2,1H3,(H3,5,6)/q2*+1;;+1;;;;/p+1. The largest absolute Gasteiger partial charge is 0.480 e. The summed E-state index contributed by atoms with van der Waals surface area (Å²) in [6.07, 6.45) is -1.02. The number of guanidine groups is 1. The summed E-state index contributed by atoms with van der Waals surface area (Å²) in [6.45, 7) is 18.2. The zero-order chi connectivity index (χ0) is 76.3. The van der Waals surface area contributed by atoms with Crippen LogP contribution in [0.2, 0.25) is 0 Å². The van der Waals surface area contributed by atoms with Gasteiger partial charge in [0.2, 0.25) is 5.91 Å². The van der Waals surface area contributed by atoms with E-state index in [9.17, 15) is 57.6 Å². The number of amides is 1. The number of aliphatic hydroxyl groups excluding tert-OH is 4. The molecule has 0 rings (SSSR count). The van der Waals surface area contributed by atoms with E-state index in [4.69, 9.17) is 61.3 Å². The number of rotatable bonds is 35. The number of esters is 2. The molecule has 0 saturated carbocycles. The van der Waals surface area contributed by atoms with Crippen LogP contribution in [0.5, 0.6) is 0 Å². The number of Topliss-reactive ketones (excluding diaryl/α,β-unsaturated/α-hetero) is 5. The number of hydrogen-bond acceptors (Lipinski definition) is 24. The van der Waals surface area contributed by atoms with Gasteiger partial charge >= 0.3 is 25.5 Å². The fourth-order valence-electron chi connectivity index (χ4n) is 6.81. The molecule has 0 aromatic rings. The lowest BCUT2D eigenvalue weighted by Crippen LogP contribution is -2.43. The molecular formula is C60H129N10O21PS2+4. The van der Waals surface area contributed by atoms with Crippen molar-refractivity contribution in [1.82, 2.24) is 15.1 Å². The van der Waals surface area contributed by atoms with Gasteiger partial charge in [-0.3, -0.25) is 53.1 Å². The van der Waals surface area contributed by atoms with Gasteiger partial charge in [0.25, 0.3) is 0 Å². The van der Waals surface area contributed by atoms with Gasteiger partial charge < -0.3 is 94.0 Å². The number of nitrogens with two attached hydrogens (primary N) is 2. The molecule has 0 aromatic heterocycles. The summed E-state index contributed by atoms with van der Waals surface area (Å²) in [5.74, 6) is -1.01. The van der Waals surface area contributed by atoms with Gasteiger partial charge in [-0.2, -0.15) is 11.8 Å². The summed E-state index contributed by atoms with van der Waals surface area (Å²) >= 11 is 2.68. The van der Waals surface area contributed by atoms with E-state index in [2.05, 4.69) is 26.5 Å². The third-order valence-corrected chi connectivity index (χ3v) is 12.8. The van der Waals surface area contributed by atoms with Crippen LogP contribution in [0, 0.1) is 5.41 Å². The second kappa shape index (κ2) is 57.6. The normalized spacial score (nSPS) is 13.5. The monoisotopic (exact) mass is 1420 g/mol. The minimum absolute atomic E-state index is 0.0262. The van der Waals surface area contributed by atoms with Crippen LogP contribution in [0.4, 0.5) is 0 Å². The minimum Gasteiger partial charge on any atom is -0.480 e. The highest BCUT2D eigenvalue weighted by Crippen LogP contribution is 2.36. The number of carbonyl (C=O) groups is 10. The molecule has 0 fully saturated rings. The zero-order valence-electron chi connectivity index (χ0n) is 61.5. The Bertz CT molecular complexity index is 2110. The highest BCUT2D eigenvalue weighted by molar-refractivity contribution is 8.14. The van der Waals surface area contributed by atoms with E-state index >= 15 is 0 Å². The van der Waals surface area contributed by atoms with Crippen LogP contribution in [0.3, 0.4) is 0 Å². The van der Waals surface area contributed by atoms with Crippen LogP contribution >= 0.6 is 31.1 Å². The van der Waals surface area contributed by atoms with Crippen molar-refractivity contribution in [3.8, 4) is 0 Å². The van der Waals surface area contributed by atoms with Gasteiger partial charge in [-0.15, -0.1) is 0 Å². The Labute approximate surface area is 570 Å². The van der Waals surface area contributed by atoms with Gasteiger partial charge in [0, 0.05) is 99.0 Å². The second-order valence-electron chi connectivity index (χ2n) is 26.6. The molecule has 0 bridgehead atoms. The van der Waals surface area contributed by atoms with E-state index in [1.807, 2.05) is 82.4 Å². The van der Waals surface area contributed by atoms with E-state index in [1.165, 1.54) is 90.6 Å². The van der Waals surface area contributed by atoms with Gasteiger partial charge in [-0.05, 0) is 60.9 Å². The first-order chi connectivity index (χ1) is 42.1. The number of ketones is 5. The van der Waals surface area contributed by atoms with Gasteiger partial charge in [0.15, 0.2) is 23.5 Å². The number of carbonyl (C=O) groups excluding carboxylic acids is 9. The van der Waals surface area contributed by atoms with E-state index in [1.54, 1.807) is 13.8 Å². The molecule has 0 aliphatic rings. The zero-order valence-corrected chi connectivity index (χ0v) is 64.0. The van der Waals surface area contributed by atoms with E-state index in [0.29, 0.717) is 66.0 Å². The fraction of sp³-hybridized carbons (Fsp3) is 0.817. The molecule has 34 heteroatoms. The second-order valence-corrected chi connectivity index (χ2v) is 31.1. The molecule has 13 N–H and O–H groups in total. The number of nitrogens with zero attached hydrogens (tertiary/aromatic N) is 6. The molecule has 31 nitrogen and oxygen atoms in total. The first-order valence-corrected chi connectivity index (χ1v) is 34.1. The minimum atomic E-state index is -3.26. The highest BCUT2D eigenvalue weighted by atomic mass is 32.2. The lowest BCUT2D eigenvalue weighted by atomic mass is 10.2. The first kappa shape index (κ1) is 106. The Balaban J connectivity index is -0.000000151. The smallest absolute Gasteiger partial charge is 0.327 e. The number of quaternary nitrogens is 4. The van der Waals surface area contributed by atoms with Gasteiger partial charge in [-0.1, -0.05) is 11.8 Å². The van der Waals surface area contributed by atoms with Crippen molar-refractivity contribution in [3.63, 3.8) is 0 Å². The number of nitrogens with one attached hydrogen (secondary N) is 2. The van der Waals surface area contributed by atoms with Crippen molar-refractivity contribution in [1.29, 1.82) is 5.41 Å². The summed E-state index contributed by atoms with van der Waals surface area (Å²) < 4.78 is 28.0. The molecule has 0 saturated heterocycles. The van der Waals surface area contributed by atoms with Crippen LogP contribution in [-0.2, 0) is 66.5 Å². The predicted molar refractivity (Wildman–Crippen MR) is 370 cm³/mol. The van der Waals surface area contributed by atoms with Crippen LogP contribution in [0.15, 0.2) is 0 Å². The predicted octanol–water partition coefficient (Wildman–Crippen LogP) is 0.0380. The molecule has 0 spiro atoms. The number of carboxylic acids is 1. The van der Waals surface area contributed by atoms with Crippen molar-refractivity contribution in [2.75, 3.05) is 183 Å². The maximum atomic E-state index is 11.0. The lowest BCUT2D eigenvalue weighted by molar-refractivity contribution is -0.873. The van der Waals surface area contributed by atoms with Crippen LogP contribution in [0.25, 0.3) is 0 Å². The van der Waals surface area contributed by atoms with Crippen molar-refractivity contribution in [2.45, 2.75) is 143 Å². The van der Waals surface area contributed by atoms with Gasteiger partial charge in [0.05, 0.1) is 109 Å². The molecule has 7 atom stereocenters. The number of ether oxygens (including phenoxy) is 2. The SMILES string of the molecule is CC(=O)CC(CN)OC(C)=O.CC(=O)CC(C[N+](C)(C)C)OC(C)=O.CC(=O)CC(C[N+](C)(C)C)SC(C)=O.CC(=O)CC(O)CN(C)C.CC(=O)CC(O)C[N+](C)(C)C.CC(=O)NC(CSCCCO)C(=O)O.CN(CC(O)O)C(=N)N.C[N+](C)(C)CCOP(C)(=O)O. The number of thioether (sulfide) groups is 2. The maximum absolute atomic E-state index is 11.0. The van der Waals surface area contributed by atoms with Crippen molar-refractivity contribution in [2.24, 2.45) is 11.5 Å².